The topological polar surface area (TPSA) is 74.6 Å². The van der Waals surface area contributed by atoms with Gasteiger partial charge < -0.3 is 10.2 Å². The van der Waals surface area contributed by atoms with E-state index in [0.717, 1.165) is 0 Å². The standard InChI is InChI=1S/C6H3FO4/c7-4(6(10)11)2-1-3-5(8)9/h2H,(H,8,9)(H,10,11)/b4-2-. The van der Waals surface area contributed by atoms with E-state index in [9.17, 15) is 14.0 Å². The van der Waals surface area contributed by atoms with E-state index in [2.05, 4.69) is 0 Å². The van der Waals surface area contributed by atoms with Crippen molar-refractivity contribution in [2.45, 2.75) is 0 Å². The second-order valence-electron chi connectivity index (χ2n) is 1.37. The Balaban J connectivity index is 4.27. The van der Waals surface area contributed by atoms with E-state index in [1.165, 1.54) is 5.92 Å². The van der Waals surface area contributed by atoms with Crippen LogP contribution in [-0.4, -0.2) is 22.2 Å². The maximum atomic E-state index is 11.9. The molecule has 0 unspecified atom stereocenters. The summed E-state index contributed by atoms with van der Waals surface area (Å²) in [7, 11) is 0. The SMILES string of the molecule is O=C(O)C#C/C=C(\F)C(=O)O. The molecule has 5 heteroatoms. The molecular weight excluding hydrogens is 155 g/mol. The van der Waals surface area contributed by atoms with Gasteiger partial charge in [-0.15, -0.1) is 0 Å². The Labute approximate surface area is 61.0 Å². The number of allylic oxidation sites excluding steroid dienone is 1. The molecule has 0 fully saturated rings. The fourth-order valence-electron chi connectivity index (χ4n) is 0.223. The first-order valence-electron chi connectivity index (χ1n) is 2.37. The van der Waals surface area contributed by atoms with Crippen molar-refractivity contribution in [1.29, 1.82) is 0 Å². The lowest BCUT2D eigenvalue weighted by molar-refractivity contribution is -0.134. The largest absolute Gasteiger partial charge is 0.476 e. The number of rotatable bonds is 1. The Bertz CT molecular complexity index is 268. The zero-order chi connectivity index (χ0) is 8.85. The molecule has 11 heavy (non-hydrogen) atoms. The molecule has 0 spiro atoms. The van der Waals surface area contributed by atoms with Crippen LogP contribution in [0.2, 0.25) is 0 Å². The van der Waals surface area contributed by atoms with Crippen LogP contribution in [0.15, 0.2) is 11.9 Å². The molecule has 0 radical (unpaired) electrons. The molecule has 0 aromatic carbocycles. The van der Waals surface area contributed by atoms with Crippen LogP contribution in [0.3, 0.4) is 0 Å². The number of carboxylic acids is 2. The van der Waals surface area contributed by atoms with Crippen LogP contribution in [0.4, 0.5) is 4.39 Å². The normalized spacial score (nSPS) is 9.73. The molecule has 0 aliphatic rings. The second kappa shape index (κ2) is 4.06. The zero-order valence-corrected chi connectivity index (χ0v) is 5.17. The molecular formula is C6H3FO4. The second-order valence-corrected chi connectivity index (χ2v) is 1.37. The van der Waals surface area contributed by atoms with E-state index in [1.54, 1.807) is 5.92 Å². The Hall–Kier alpha value is -1.83. The number of hydrogen-bond donors (Lipinski definition) is 2. The molecule has 0 saturated heterocycles. The lowest BCUT2D eigenvalue weighted by atomic mass is 10.4. The van der Waals surface area contributed by atoms with Crippen LogP contribution in [0.5, 0.6) is 0 Å². The van der Waals surface area contributed by atoms with Gasteiger partial charge in [0.2, 0.25) is 5.83 Å². The number of carbonyl (C=O) groups is 2. The Morgan fingerprint density at radius 1 is 1.36 bits per heavy atom. The summed E-state index contributed by atoms with van der Waals surface area (Å²) in [5.74, 6) is -1.49. The molecule has 0 amide bonds. The monoisotopic (exact) mass is 158 g/mol. The first-order chi connectivity index (χ1) is 5.04. The summed E-state index contributed by atoms with van der Waals surface area (Å²) in [6, 6.07) is 0. The number of halogens is 1. The van der Waals surface area contributed by atoms with Crippen LogP contribution in [0.25, 0.3) is 0 Å². The summed E-state index contributed by atoms with van der Waals surface area (Å²) in [4.78, 5) is 19.4. The van der Waals surface area contributed by atoms with Crippen molar-refractivity contribution in [3.8, 4) is 11.8 Å². The van der Waals surface area contributed by atoms with Crippen molar-refractivity contribution in [3.05, 3.63) is 11.9 Å². The quantitative estimate of drug-likeness (QED) is 0.416. The Kier molecular flexibility index (Phi) is 3.39. The third kappa shape index (κ3) is 4.66. The highest BCUT2D eigenvalue weighted by atomic mass is 19.1. The average molecular weight is 158 g/mol. The van der Waals surface area contributed by atoms with Gasteiger partial charge in [-0.1, -0.05) is 5.92 Å². The molecule has 0 aromatic rings. The maximum Gasteiger partial charge on any atom is 0.382 e. The van der Waals surface area contributed by atoms with Gasteiger partial charge in [0.25, 0.3) is 0 Å². The van der Waals surface area contributed by atoms with Gasteiger partial charge in [-0.3, -0.25) is 0 Å². The molecule has 0 heterocycles. The lowest BCUT2D eigenvalue weighted by Gasteiger charge is -1.79. The molecule has 0 rings (SSSR count). The average Bonchev–Trinajstić information content (AvgIpc) is 1.86. The number of aliphatic carboxylic acids is 2. The van der Waals surface area contributed by atoms with Crippen molar-refractivity contribution >= 4 is 11.9 Å². The minimum Gasteiger partial charge on any atom is -0.476 e. The molecule has 58 valence electrons. The van der Waals surface area contributed by atoms with Crippen molar-refractivity contribution in [3.63, 3.8) is 0 Å². The molecule has 0 saturated carbocycles. The highest BCUT2D eigenvalue weighted by Gasteiger charge is 2.01. The molecule has 0 bridgehead atoms. The van der Waals surface area contributed by atoms with Gasteiger partial charge in [0.1, 0.15) is 0 Å². The minimum absolute atomic E-state index is 0.371. The molecule has 4 nitrogen and oxygen atoms in total. The zero-order valence-electron chi connectivity index (χ0n) is 5.17. The van der Waals surface area contributed by atoms with Gasteiger partial charge in [0.15, 0.2) is 0 Å². The van der Waals surface area contributed by atoms with Gasteiger partial charge in [-0.25, -0.2) is 9.59 Å². The smallest absolute Gasteiger partial charge is 0.382 e. The Morgan fingerprint density at radius 2 is 1.91 bits per heavy atom. The van der Waals surface area contributed by atoms with E-state index in [-0.39, 0.29) is 0 Å². The van der Waals surface area contributed by atoms with E-state index in [0.29, 0.717) is 6.08 Å². The fraction of sp³-hybridized carbons (Fsp3) is 0. The molecule has 0 aromatic heterocycles. The minimum atomic E-state index is -1.77. The van der Waals surface area contributed by atoms with Crippen LogP contribution < -0.4 is 0 Å². The van der Waals surface area contributed by atoms with Crippen molar-refractivity contribution < 1.29 is 24.2 Å². The summed E-state index contributed by atoms with van der Waals surface area (Å²) in [6.45, 7) is 0. The van der Waals surface area contributed by atoms with E-state index >= 15 is 0 Å². The van der Waals surface area contributed by atoms with Crippen molar-refractivity contribution in [2.75, 3.05) is 0 Å². The molecule has 0 aliphatic carbocycles. The third-order valence-electron chi connectivity index (χ3n) is 0.582. The van der Waals surface area contributed by atoms with Gasteiger partial charge in [0, 0.05) is 12.0 Å². The summed E-state index contributed by atoms with van der Waals surface area (Å²) < 4.78 is 11.9. The van der Waals surface area contributed by atoms with E-state index in [4.69, 9.17) is 10.2 Å². The van der Waals surface area contributed by atoms with Crippen LogP contribution >= 0.6 is 0 Å². The van der Waals surface area contributed by atoms with Gasteiger partial charge in [-0.05, 0) is 0 Å². The van der Waals surface area contributed by atoms with Crippen molar-refractivity contribution in [2.24, 2.45) is 0 Å². The number of hydrogen-bond acceptors (Lipinski definition) is 2. The number of carboxylic acid groups (broad SMARTS) is 2. The molecule has 0 aliphatic heterocycles. The highest BCUT2D eigenvalue weighted by molar-refractivity contribution is 5.88. The van der Waals surface area contributed by atoms with Gasteiger partial charge >= 0.3 is 11.9 Å². The van der Waals surface area contributed by atoms with Crippen LogP contribution in [-0.2, 0) is 9.59 Å². The third-order valence-corrected chi connectivity index (χ3v) is 0.582. The van der Waals surface area contributed by atoms with E-state index < -0.39 is 17.8 Å². The van der Waals surface area contributed by atoms with E-state index in [1.807, 2.05) is 0 Å². The lowest BCUT2D eigenvalue weighted by Crippen LogP contribution is -1.93. The summed E-state index contributed by atoms with van der Waals surface area (Å²) in [5, 5.41) is 15.8. The van der Waals surface area contributed by atoms with Crippen molar-refractivity contribution in [1.82, 2.24) is 0 Å². The summed E-state index contributed by atoms with van der Waals surface area (Å²) >= 11 is 0. The predicted octanol–water partition coefficient (Wildman–Crippen LogP) is 0.0124. The van der Waals surface area contributed by atoms with Crippen LogP contribution in [0.1, 0.15) is 0 Å². The fourth-order valence-corrected chi connectivity index (χ4v) is 0.223. The van der Waals surface area contributed by atoms with Crippen LogP contribution in [0, 0.1) is 11.8 Å². The summed E-state index contributed by atoms with van der Waals surface area (Å²) in [6.07, 6.45) is 0.371. The molecule has 2 N–H and O–H groups in total. The maximum absolute atomic E-state index is 11.9. The van der Waals surface area contributed by atoms with Gasteiger partial charge in [0.05, 0.1) is 0 Å². The predicted molar refractivity (Wildman–Crippen MR) is 32.2 cm³/mol. The summed E-state index contributed by atoms with van der Waals surface area (Å²) in [5.41, 5.74) is 0. The first kappa shape index (κ1) is 9.17. The molecule has 0 atom stereocenters. The van der Waals surface area contributed by atoms with Gasteiger partial charge in [-0.2, -0.15) is 4.39 Å². The highest BCUT2D eigenvalue weighted by Crippen LogP contribution is 1.92. The Morgan fingerprint density at radius 3 is 2.27 bits per heavy atom. The first-order valence-corrected chi connectivity index (χ1v) is 2.37.